The van der Waals surface area contributed by atoms with Gasteiger partial charge in [-0.15, -0.1) is 11.3 Å². The SMILES string of the molecule is COCC(=O)N1CCCC(C(=O)NCc2nc(-c3ccc(C)cc3)cs2)C1. The van der Waals surface area contributed by atoms with Crippen molar-refractivity contribution in [2.75, 3.05) is 26.8 Å². The Bertz CT molecular complexity index is 788. The molecule has 1 N–H and O–H groups in total. The topological polar surface area (TPSA) is 71.5 Å². The smallest absolute Gasteiger partial charge is 0.248 e. The van der Waals surface area contributed by atoms with Gasteiger partial charge in [0.25, 0.3) is 0 Å². The Morgan fingerprint density at radius 2 is 2.11 bits per heavy atom. The third-order valence-corrected chi connectivity index (χ3v) is 5.57. The van der Waals surface area contributed by atoms with Crippen LogP contribution >= 0.6 is 11.3 Å². The number of hydrogen-bond acceptors (Lipinski definition) is 5. The number of rotatable bonds is 6. The van der Waals surface area contributed by atoms with E-state index in [1.165, 1.54) is 12.7 Å². The quantitative estimate of drug-likeness (QED) is 0.827. The number of nitrogens with one attached hydrogen (secondary N) is 1. The molecule has 2 amide bonds. The number of aromatic nitrogens is 1. The highest BCUT2D eigenvalue weighted by Crippen LogP contribution is 2.22. The summed E-state index contributed by atoms with van der Waals surface area (Å²) in [7, 11) is 1.50. The predicted octanol–water partition coefficient (Wildman–Crippen LogP) is 2.62. The van der Waals surface area contributed by atoms with Crippen LogP contribution in [0, 0.1) is 12.8 Å². The maximum Gasteiger partial charge on any atom is 0.248 e. The number of methoxy groups -OCH3 is 1. The fourth-order valence-electron chi connectivity index (χ4n) is 3.19. The van der Waals surface area contributed by atoms with Crippen molar-refractivity contribution in [1.82, 2.24) is 15.2 Å². The molecule has 1 fully saturated rings. The van der Waals surface area contributed by atoms with Crippen molar-refractivity contribution < 1.29 is 14.3 Å². The first-order chi connectivity index (χ1) is 13.1. The summed E-state index contributed by atoms with van der Waals surface area (Å²) in [4.78, 5) is 30.8. The van der Waals surface area contributed by atoms with Gasteiger partial charge in [0.15, 0.2) is 0 Å². The standard InChI is InChI=1S/C20H25N3O3S/c1-14-5-7-15(8-6-14)17-13-27-18(22-17)10-21-20(25)16-4-3-9-23(11-16)19(24)12-26-2/h5-8,13,16H,3-4,9-12H2,1-2H3,(H,21,25). The summed E-state index contributed by atoms with van der Waals surface area (Å²) in [5.41, 5.74) is 3.22. The Balaban J connectivity index is 1.53. The van der Waals surface area contributed by atoms with Crippen LogP contribution in [0.15, 0.2) is 29.6 Å². The van der Waals surface area contributed by atoms with Gasteiger partial charge in [-0.05, 0) is 19.8 Å². The molecule has 0 saturated carbocycles. The minimum absolute atomic E-state index is 0.0167. The van der Waals surface area contributed by atoms with E-state index in [0.717, 1.165) is 29.1 Å². The molecule has 7 heteroatoms. The van der Waals surface area contributed by atoms with Crippen LogP contribution in [0.2, 0.25) is 0 Å². The van der Waals surface area contributed by atoms with Crippen LogP contribution < -0.4 is 5.32 Å². The van der Waals surface area contributed by atoms with Crippen molar-refractivity contribution >= 4 is 23.2 Å². The summed E-state index contributed by atoms with van der Waals surface area (Å²) in [6, 6.07) is 8.24. The van der Waals surface area contributed by atoms with Gasteiger partial charge in [0.2, 0.25) is 11.8 Å². The van der Waals surface area contributed by atoms with Gasteiger partial charge in [0.05, 0.1) is 18.2 Å². The highest BCUT2D eigenvalue weighted by Gasteiger charge is 2.28. The van der Waals surface area contributed by atoms with Gasteiger partial charge in [-0.1, -0.05) is 29.8 Å². The molecule has 1 saturated heterocycles. The zero-order chi connectivity index (χ0) is 19.2. The summed E-state index contributed by atoms with van der Waals surface area (Å²) in [6.45, 7) is 3.69. The number of carbonyl (C=O) groups is 2. The van der Waals surface area contributed by atoms with Crippen LogP contribution in [0.5, 0.6) is 0 Å². The molecule has 1 aromatic carbocycles. The maximum atomic E-state index is 12.5. The second-order valence-corrected chi connectivity index (χ2v) is 7.76. The summed E-state index contributed by atoms with van der Waals surface area (Å²) >= 11 is 1.54. The first-order valence-corrected chi connectivity index (χ1v) is 10.0. The first kappa shape index (κ1) is 19.5. The van der Waals surface area contributed by atoms with E-state index < -0.39 is 0 Å². The molecule has 2 heterocycles. The number of nitrogens with zero attached hydrogens (tertiary/aromatic N) is 2. The number of ether oxygens (including phenoxy) is 1. The minimum atomic E-state index is -0.170. The van der Waals surface area contributed by atoms with Gasteiger partial charge >= 0.3 is 0 Å². The molecule has 0 bridgehead atoms. The summed E-state index contributed by atoms with van der Waals surface area (Å²) in [5, 5.41) is 5.86. The van der Waals surface area contributed by atoms with Crippen LogP contribution in [-0.2, 0) is 20.9 Å². The third kappa shape index (κ3) is 5.14. The van der Waals surface area contributed by atoms with Gasteiger partial charge < -0.3 is 15.0 Å². The second kappa shape index (κ2) is 9.10. The minimum Gasteiger partial charge on any atom is -0.375 e. The number of hydrogen-bond donors (Lipinski definition) is 1. The fourth-order valence-corrected chi connectivity index (χ4v) is 3.93. The summed E-state index contributed by atoms with van der Waals surface area (Å²) in [6.07, 6.45) is 1.64. The monoisotopic (exact) mass is 387 g/mol. The number of thiazole rings is 1. The molecule has 0 aliphatic carbocycles. The van der Waals surface area contributed by atoms with Crippen LogP contribution in [-0.4, -0.2) is 48.5 Å². The van der Waals surface area contributed by atoms with Crippen LogP contribution in [0.4, 0.5) is 0 Å². The summed E-state index contributed by atoms with van der Waals surface area (Å²) < 4.78 is 4.90. The number of carbonyl (C=O) groups excluding carboxylic acids is 2. The lowest BCUT2D eigenvalue weighted by atomic mass is 9.97. The molecular weight excluding hydrogens is 362 g/mol. The van der Waals surface area contributed by atoms with E-state index in [2.05, 4.69) is 41.5 Å². The van der Waals surface area contributed by atoms with E-state index in [0.29, 0.717) is 19.6 Å². The number of aryl methyl sites for hydroxylation is 1. The zero-order valence-electron chi connectivity index (χ0n) is 15.7. The van der Waals surface area contributed by atoms with Gasteiger partial charge in [0, 0.05) is 31.1 Å². The average molecular weight is 388 g/mol. The van der Waals surface area contributed by atoms with Crippen molar-refractivity contribution in [2.24, 2.45) is 5.92 Å². The van der Waals surface area contributed by atoms with Crippen LogP contribution in [0.3, 0.4) is 0 Å². The Kier molecular flexibility index (Phi) is 6.58. The highest BCUT2D eigenvalue weighted by atomic mass is 32.1. The molecule has 1 aromatic heterocycles. The van der Waals surface area contributed by atoms with E-state index in [-0.39, 0.29) is 24.3 Å². The van der Waals surface area contributed by atoms with E-state index in [1.54, 1.807) is 16.2 Å². The van der Waals surface area contributed by atoms with E-state index in [4.69, 9.17) is 4.74 Å². The Morgan fingerprint density at radius 1 is 1.33 bits per heavy atom. The molecule has 3 rings (SSSR count). The lowest BCUT2D eigenvalue weighted by molar-refractivity contribution is -0.139. The molecular formula is C20H25N3O3S. The molecule has 1 unspecified atom stereocenters. The molecule has 144 valence electrons. The maximum absolute atomic E-state index is 12.5. The molecule has 1 atom stereocenters. The number of amides is 2. The highest BCUT2D eigenvalue weighted by molar-refractivity contribution is 7.09. The fraction of sp³-hybridized carbons (Fsp3) is 0.450. The Hall–Kier alpha value is -2.25. The van der Waals surface area contributed by atoms with E-state index in [1.807, 2.05) is 5.38 Å². The largest absolute Gasteiger partial charge is 0.375 e. The second-order valence-electron chi connectivity index (χ2n) is 6.82. The molecule has 0 spiro atoms. The Morgan fingerprint density at radius 3 is 2.85 bits per heavy atom. The lowest BCUT2D eigenvalue weighted by Gasteiger charge is -2.31. The molecule has 1 aliphatic heterocycles. The van der Waals surface area contributed by atoms with E-state index >= 15 is 0 Å². The predicted molar refractivity (Wildman–Crippen MR) is 105 cm³/mol. The van der Waals surface area contributed by atoms with Crippen LogP contribution in [0.25, 0.3) is 11.3 Å². The van der Waals surface area contributed by atoms with Gasteiger partial charge in [-0.2, -0.15) is 0 Å². The number of likely N-dealkylation sites (tertiary alicyclic amines) is 1. The van der Waals surface area contributed by atoms with Crippen molar-refractivity contribution in [3.8, 4) is 11.3 Å². The first-order valence-electron chi connectivity index (χ1n) is 9.12. The van der Waals surface area contributed by atoms with Crippen LogP contribution in [0.1, 0.15) is 23.4 Å². The number of piperidine rings is 1. The molecule has 0 radical (unpaired) electrons. The van der Waals surface area contributed by atoms with Gasteiger partial charge in [-0.25, -0.2) is 4.98 Å². The third-order valence-electron chi connectivity index (χ3n) is 4.73. The van der Waals surface area contributed by atoms with Crippen molar-refractivity contribution in [3.63, 3.8) is 0 Å². The molecule has 27 heavy (non-hydrogen) atoms. The average Bonchev–Trinajstić information content (AvgIpc) is 3.16. The molecule has 6 nitrogen and oxygen atoms in total. The van der Waals surface area contributed by atoms with Crippen molar-refractivity contribution in [1.29, 1.82) is 0 Å². The summed E-state index contributed by atoms with van der Waals surface area (Å²) in [5.74, 6) is -0.245. The van der Waals surface area contributed by atoms with E-state index in [9.17, 15) is 9.59 Å². The van der Waals surface area contributed by atoms with Gasteiger partial charge in [-0.3, -0.25) is 9.59 Å². The van der Waals surface area contributed by atoms with Crippen molar-refractivity contribution in [3.05, 3.63) is 40.2 Å². The van der Waals surface area contributed by atoms with Gasteiger partial charge in [0.1, 0.15) is 11.6 Å². The lowest BCUT2D eigenvalue weighted by Crippen LogP contribution is -2.46. The zero-order valence-corrected chi connectivity index (χ0v) is 16.6. The molecule has 1 aliphatic rings. The normalized spacial score (nSPS) is 17.0. The van der Waals surface area contributed by atoms with Crippen molar-refractivity contribution in [2.45, 2.75) is 26.3 Å². The molecule has 2 aromatic rings. The Labute approximate surface area is 163 Å². The number of benzene rings is 1.